The van der Waals surface area contributed by atoms with Crippen molar-refractivity contribution >= 4 is 43.0 Å². The minimum Gasteiger partial charge on any atom is -0.497 e. The van der Waals surface area contributed by atoms with Gasteiger partial charge in [0.05, 0.1) is 12.8 Å². The van der Waals surface area contributed by atoms with E-state index >= 15 is 0 Å². The molecule has 108 valence electrons. The zero-order chi connectivity index (χ0) is 14.8. The minimum atomic E-state index is -3.64. The molecular formula is C12H13BrN2O3S2. The van der Waals surface area contributed by atoms with Gasteiger partial charge in [0.1, 0.15) is 10.6 Å². The van der Waals surface area contributed by atoms with Crippen molar-refractivity contribution in [2.75, 3.05) is 12.8 Å². The second-order valence-corrected chi connectivity index (χ2v) is 7.61. The van der Waals surface area contributed by atoms with Gasteiger partial charge in [0, 0.05) is 27.3 Å². The molecule has 0 fully saturated rings. The monoisotopic (exact) mass is 376 g/mol. The molecule has 0 bridgehead atoms. The summed E-state index contributed by atoms with van der Waals surface area (Å²) in [6.07, 6.45) is 0. The summed E-state index contributed by atoms with van der Waals surface area (Å²) in [5.41, 5.74) is 5.91. The van der Waals surface area contributed by atoms with E-state index < -0.39 is 10.0 Å². The van der Waals surface area contributed by atoms with Gasteiger partial charge in [-0.1, -0.05) is 0 Å². The molecule has 0 aliphatic rings. The number of sulfonamides is 1. The topological polar surface area (TPSA) is 81.4 Å². The molecule has 0 radical (unpaired) electrons. The lowest BCUT2D eigenvalue weighted by Gasteiger charge is -2.09. The average Bonchev–Trinajstić information content (AvgIpc) is 2.82. The van der Waals surface area contributed by atoms with E-state index in [0.717, 1.165) is 9.35 Å². The number of nitrogen functional groups attached to an aromatic ring is 1. The summed E-state index contributed by atoms with van der Waals surface area (Å²) in [6.45, 7) is 0.226. The Labute approximate surface area is 129 Å². The molecule has 0 spiro atoms. The highest BCUT2D eigenvalue weighted by molar-refractivity contribution is 9.10. The summed E-state index contributed by atoms with van der Waals surface area (Å²) in [7, 11) is -2.15. The predicted molar refractivity (Wildman–Crippen MR) is 83.5 cm³/mol. The average molecular weight is 377 g/mol. The van der Waals surface area contributed by atoms with Gasteiger partial charge in [0.25, 0.3) is 0 Å². The van der Waals surface area contributed by atoms with Crippen molar-refractivity contribution < 1.29 is 13.2 Å². The highest BCUT2D eigenvalue weighted by atomic mass is 79.9. The zero-order valence-corrected chi connectivity index (χ0v) is 13.8. The Bertz CT molecular complexity index is 713. The third-order valence-corrected chi connectivity index (χ3v) is 5.74. The van der Waals surface area contributed by atoms with Crippen molar-refractivity contribution in [2.24, 2.45) is 0 Å². The fraction of sp³-hybridized carbons (Fsp3) is 0.167. The molecule has 0 saturated heterocycles. The lowest BCUT2D eigenvalue weighted by Crippen LogP contribution is -2.23. The Hall–Kier alpha value is -1.09. The van der Waals surface area contributed by atoms with Gasteiger partial charge in [-0.15, -0.1) is 11.3 Å². The van der Waals surface area contributed by atoms with Gasteiger partial charge in [-0.05, 0) is 34.1 Å². The minimum absolute atomic E-state index is 0.0499. The molecule has 1 heterocycles. The summed E-state index contributed by atoms with van der Waals surface area (Å²) in [5, 5.41) is 1.89. The third kappa shape index (κ3) is 3.51. The smallest absolute Gasteiger partial charge is 0.242 e. The first-order valence-corrected chi connectivity index (χ1v) is 8.74. The summed E-state index contributed by atoms with van der Waals surface area (Å²) < 4.78 is 32.8. The van der Waals surface area contributed by atoms with E-state index in [9.17, 15) is 8.42 Å². The van der Waals surface area contributed by atoms with Gasteiger partial charge in [-0.3, -0.25) is 0 Å². The largest absolute Gasteiger partial charge is 0.497 e. The van der Waals surface area contributed by atoms with Crippen molar-refractivity contribution in [1.29, 1.82) is 0 Å². The number of methoxy groups -OCH3 is 1. The number of ether oxygens (including phenoxy) is 1. The molecule has 1 aromatic heterocycles. The van der Waals surface area contributed by atoms with Crippen LogP contribution in [0.2, 0.25) is 0 Å². The number of hydrogen-bond acceptors (Lipinski definition) is 5. The van der Waals surface area contributed by atoms with E-state index in [1.54, 1.807) is 6.07 Å². The van der Waals surface area contributed by atoms with Crippen molar-refractivity contribution in [3.8, 4) is 5.75 Å². The molecule has 0 aliphatic heterocycles. The standard InChI is InChI=1S/C12H13BrN2O3S2/c1-18-9-2-3-12(11(14)5-9)20(16,17)15-6-10-4-8(13)7-19-10/h2-5,7,15H,6,14H2,1H3. The number of nitrogens with two attached hydrogens (primary N) is 1. The van der Waals surface area contributed by atoms with Crippen LogP contribution < -0.4 is 15.2 Å². The second-order valence-electron chi connectivity index (χ2n) is 3.96. The zero-order valence-electron chi connectivity index (χ0n) is 10.6. The Balaban J connectivity index is 2.18. The lowest BCUT2D eigenvalue weighted by atomic mass is 10.3. The van der Waals surface area contributed by atoms with Gasteiger partial charge in [-0.2, -0.15) is 0 Å². The maximum absolute atomic E-state index is 12.2. The molecule has 3 N–H and O–H groups in total. The van der Waals surface area contributed by atoms with E-state index in [4.69, 9.17) is 10.5 Å². The van der Waals surface area contributed by atoms with E-state index in [1.807, 2.05) is 11.4 Å². The summed E-state index contributed by atoms with van der Waals surface area (Å²) in [4.78, 5) is 0.960. The van der Waals surface area contributed by atoms with Crippen LogP contribution in [0.5, 0.6) is 5.75 Å². The molecule has 0 aliphatic carbocycles. The van der Waals surface area contributed by atoms with Gasteiger partial charge in [-0.25, -0.2) is 13.1 Å². The first-order chi connectivity index (χ1) is 9.42. The van der Waals surface area contributed by atoms with Crippen molar-refractivity contribution in [3.05, 3.63) is 39.0 Å². The highest BCUT2D eigenvalue weighted by Gasteiger charge is 2.17. The highest BCUT2D eigenvalue weighted by Crippen LogP contribution is 2.24. The maximum Gasteiger partial charge on any atom is 0.242 e. The molecule has 5 nitrogen and oxygen atoms in total. The van der Waals surface area contributed by atoms with E-state index in [2.05, 4.69) is 20.7 Å². The van der Waals surface area contributed by atoms with Crippen LogP contribution in [-0.4, -0.2) is 15.5 Å². The molecule has 0 unspecified atom stereocenters. The quantitative estimate of drug-likeness (QED) is 0.785. The number of anilines is 1. The number of halogens is 1. The van der Waals surface area contributed by atoms with Gasteiger partial charge < -0.3 is 10.5 Å². The Morgan fingerprint density at radius 3 is 2.70 bits per heavy atom. The molecule has 0 saturated carbocycles. The maximum atomic E-state index is 12.2. The van der Waals surface area contributed by atoms with Crippen LogP contribution in [0.15, 0.2) is 39.0 Å². The van der Waals surface area contributed by atoms with Crippen molar-refractivity contribution in [3.63, 3.8) is 0 Å². The Morgan fingerprint density at radius 1 is 1.40 bits per heavy atom. The van der Waals surface area contributed by atoms with Gasteiger partial charge in [0.2, 0.25) is 10.0 Å². The van der Waals surface area contributed by atoms with Crippen molar-refractivity contribution in [1.82, 2.24) is 4.72 Å². The Kier molecular flexibility index (Phi) is 4.69. The fourth-order valence-electron chi connectivity index (χ4n) is 1.59. The van der Waals surface area contributed by atoms with Crippen LogP contribution in [-0.2, 0) is 16.6 Å². The Morgan fingerprint density at radius 2 is 2.15 bits per heavy atom. The summed E-state index contributed by atoms with van der Waals surface area (Å²) in [6, 6.07) is 6.34. The number of nitrogens with one attached hydrogen (secondary N) is 1. The number of benzene rings is 1. The summed E-state index contributed by atoms with van der Waals surface area (Å²) in [5.74, 6) is 0.517. The van der Waals surface area contributed by atoms with Crippen molar-refractivity contribution in [2.45, 2.75) is 11.4 Å². The summed E-state index contributed by atoms with van der Waals surface area (Å²) >= 11 is 4.79. The van der Waals surface area contributed by atoms with Crippen LogP contribution in [0.3, 0.4) is 0 Å². The number of thiophene rings is 1. The lowest BCUT2D eigenvalue weighted by molar-refractivity contribution is 0.414. The molecule has 0 atom stereocenters. The third-order valence-electron chi connectivity index (χ3n) is 2.56. The van der Waals surface area contributed by atoms with Crippen LogP contribution in [0.25, 0.3) is 0 Å². The van der Waals surface area contributed by atoms with E-state index in [1.165, 1.54) is 30.6 Å². The molecule has 1 aromatic carbocycles. The normalized spacial score (nSPS) is 11.5. The van der Waals surface area contributed by atoms with Crippen LogP contribution in [0, 0.1) is 0 Å². The molecule has 2 rings (SSSR count). The molecular weight excluding hydrogens is 364 g/mol. The first kappa shape index (κ1) is 15.3. The molecule has 0 amide bonds. The van der Waals surface area contributed by atoms with Crippen LogP contribution in [0.4, 0.5) is 5.69 Å². The molecule has 2 aromatic rings. The molecule has 20 heavy (non-hydrogen) atoms. The van der Waals surface area contributed by atoms with Gasteiger partial charge >= 0.3 is 0 Å². The van der Waals surface area contributed by atoms with Crippen LogP contribution in [0.1, 0.15) is 4.88 Å². The number of rotatable bonds is 5. The van der Waals surface area contributed by atoms with E-state index in [-0.39, 0.29) is 17.1 Å². The first-order valence-electron chi connectivity index (χ1n) is 5.58. The second kappa shape index (κ2) is 6.13. The predicted octanol–water partition coefficient (Wildman–Crippen LogP) is 2.58. The van der Waals surface area contributed by atoms with Crippen LogP contribution >= 0.6 is 27.3 Å². The molecule has 8 heteroatoms. The SMILES string of the molecule is COc1ccc(S(=O)(=O)NCc2cc(Br)cs2)c(N)c1. The number of hydrogen-bond donors (Lipinski definition) is 2. The van der Waals surface area contributed by atoms with E-state index in [0.29, 0.717) is 5.75 Å². The van der Waals surface area contributed by atoms with Gasteiger partial charge in [0.15, 0.2) is 0 Å². The fourth-order valence-corrected chi connectivity index (χ4v) is 4.19.